The molecule has 5 nitrogen and oxygen atoms in total. The summed E-state index contributed by atoms with van der Waals surface area (Å²) in [6, 6.07) is 9.00. The average Bonchev–Trinajstić information content (AvgIpc) is 3.28. The second kappa shape index (κ2) is 7.43. The SMILES string of the molecule is CN1Cc2c(ccc3c2CC(N(C)CCCc2c[nH]c4ccc(F)cc24)CO3)C1=O. The lowest BCUT2D eigenvalue weighted by Gasteiger charge is -2.33. The number of halogens is 1. The Morgan fingerprint density at radius 3 is 3.00 bits per heavy atom. The minimum absolute atomic E-state index is 0.0958. The van der Waals surface area contributed by atoms with Crippen LogP contribution in [0.2, 0.25) is 0 Å². The van der Waals surface area contributed by atoms with E-state index in [0.717, 1.165) is 59.2 Å². The number of fused-ring (bicyclic) bond motifs is 4. The third kappa shape index (κ3) is 3.25. The minimum atomic E-state index is -0.199. The van der Waals surface area contributed by atoms with E-state index in [9.17, 15) is 9.18 Å². The quantitative estimate of drug-likeness (QED) is 0.701. The Morgan fingerprint density at radius 1 is 1.27 bits per heavy atom. The summed E-state index contributed by atoms with van der Waals surface area (Å²) in [5.74, 6) is 0.816. The van der Waals surface area contributed by atoms with E-state index in [0.29, 0.717) is 13.2 Å². The molecule has 2 aromatic carbocycles. The summed E-state index contributed by atoms with van der Waals surface area (Å²) >= 11 is 0. The van der Waals surface area contributed by atoms with Gasteiger partial charge in [-0.05, 0) is 74.3 Å². The summed E-state index contributed by atoms with van der Waals surface area (Å²) < 4.78 is 19.6. The van der Waals surface area contributed by atoms with E-state index in [1.54, 1.807) is 17.0 Å². The van der Waals surface area contributed by atoms with Crippen LogP contribution in [0.3, 0.4) is 0 Å². The summed E-state index contributed by atoms with van der Waals surface area (Å²) in [6.07, 6.45) is 4.76. The largest absolute Gasteiger partial charge is 0.492 e. The van der Waals surface area contributed by atoms with Crippen LogP contribution in [0, 0.1) is 5.82 Å². The molecule has 0 radical (unpaired) electrons. The molecule has 0 bridgehead atoms. The van der Waals surface area contributed by atoms with Crippen molar-refractivity contribution in [3.63, 3.8) is 0 Å². The van der Waals surface area contributed by atoms with E-state index in [1.807, 2.05) is 25.4 Å². The van der Waals surface area contributed by atoms with Crippen LogP contribution in [-0.2, 0) is 19.4 Å². The Morgan fingerprint density at radius 2 is 2.13 bits per heavy atom. The van der Waals surface area contributed by atoms with E-state index in [1.165, 1.54) is 11.6 Å². The number of hydrogen-bond acceptors (Lipinski definition) is 3. The van der Waals surface area contributed by atoms with Crippen LogP contribution in [-0.4, -0.2) is 54.0 Å². The van der Waals surface area contributed by atoms with Crippen molar-refractivity contribution >= 4 is 16.8 Å². The monoisotopic (exact) mass is 407 g/mol. The molecule has 1 atom stereocenters. The maximum absolute atomic E-state index is 13.6. The number of aromatic nitrogens is 1. The van der Waals surface area contributed by atoms with Crippen LogP contribution in [0.1, 0.15) is 33.5 Å². The highest BCUT2D eigenvalue weighted by Gasteiger charge is 2.32. The molecule has 2 aliphatic rings. The molecule has 0 aliphatic carbocycles. The average molecular weight is 407 g/mol. The van der Waals surface area contributed by atoms with Gasteiger partial charge in [0.2, 0.25) is 0 Å². The molecule has 30 heavy (non-hydrogen) atoms. The van der Waals surface area contributed by atoms with Gasteiger partial charge >= 0.3 is 0 Å². The van der Waals surface area contributed by atoms with Gasteiger partial charge in [0.1, 0.15) is 18.2 Å². The highest BCUT2D eigenvalue weighted by atomic mass is 19.1. The second-order valence-electron chi connectivity index (χ2n) is 8.49. The summed E-state index contributed by atoms with van der Waals surface area (Å²) in [7, 11) is 3.98. The molecule has 156 valence electrons. The fourth-order valence-electron chi connectivity index (χ4n) is 4.75. The number of H-pyrrole nitrogens is 1. The summed E-state index contributed by atoms with van der Waals surface area (Å²) in [6.45, 7) is 2.25. The van der Waals surface area contributed by atoms with Gasteiger partial charge < -0.3 is 14.6 Å². The number of amides is 1. The lowest BCUT2D eigenvalue weighted by atomic mass is 9.94. The predicted octanol–water partition coefficient (Wildman–Crippen LogP) is 3.76. The zero-order valence-electron chi connectivity index (χ0n) is 17.4. The molecule has 0 saturated carbocycles. The van der Waals surface area contributed by atoms with Crippen LogP contribution < -0.4 is 4.74 Å². The molecule has 1 aromatic heterocycles. The van der Waals surface area contributed by atoms with Gasteiger partial charge in [-0.2, -0.15) is 0 Å². The molecule has 0 spiro atoms. The summed E-state index contributed by atoms with van der Waals surface area (Å²) in [4.78, 5) is 19.7. The molecule has 1 unspecified atom stereocenters. The van der Waals surface area contributed by atoms with E-state index in [-0.39, 0.29) is 17.8 Å². The van der Waals surface area contributed by atoms with Gasteiger partial charge in [0.05, 0.1) is 0 Å². The number of likely N-dealkylation sites (N-methyl/N-ethyl adjacent to an activating group) is 1. The number of aromatic amines is 1. The highest BCUT2D eigenvalue weighted by molar-refractivity contribution is 5.99. The molecular formula is C24H26FN3O2. The van der Waals surface area contributed by atoms with E-state index in [4.69, 9.17) is 4.74 Å². The molecule has 0 saturated heterocycles. The Hall–Kier alpha value is -2.86. The lowest BCUT2D eigenvalue weighted by Crippen LogP contribution is -2.41. The van der Waals surface area contributed by atoms with Crippen LogP contribution in [0.15, 0.2) is 36.5 Å². The summed E-state index contributed by atoms with van der Waals surface area (Å²) in [5.41, 5.74) is 5.25. The smallest absolute Gasteiger partial charge is 0.254 e. The van der Waals surface area contributed by atoms with E-state index < -0.39 is 0 Å². The normalized spacial score (nSPS) is 18.1. The van der Waals surface area contributed by atoms with Crippen LogP contribution in [0.4, 0.5) is 4.39 Å². The minimum Gasteiger partial charge on any atom is -0.492 e. The maximum Gasteiger partial charge on any atom is 0.254 e. The molecule has 3 heterocycles. The number of ether oxygens (including phenoxy) is 1. The first-order valence-corrected chi connectivity index (χ1v) is 10.5. The number of benzene rings is 2. The van der Waals surface area contributed by atoms with Crippen LogP contribution in [0.5, 0.6) is 5.75 Å². The number of nitrogens with zero attached hydrogens (tertiary/aromatic N) is 2. The molecule has 0 fully saturated rings. The Bertz CT molecular complexity index is 1120. The van der Waals surface area contributed by atoms with Gasteiger partial charge in [0.15, 0.2) is 0 Å². The van der Waals surface area contributed by atoms with Crippen molar-refractivity contribution in [2.75, 3.05) is 27.2 Å². The summed E-state index contributed by atoms with van der Waals surface area (Å²) in [5, 5.41) is 0.969. The van der Waals surface area contributed by atoms with Crippen molar-refractivity contribution in [1.82, 2.24) is 14.8 Å². The second-order valence-corrected chi connectivity index (χ2v) is 8.49. The Kier molecular flexibility index (Phi) is 4.74. The number of hydrogen-bond donors (Lipinski definition) is 1. The van der Waals surface area contributed by atoms with Crippen LogP contribution in [0.25, 0.3) is 10.9 Å². The first-order chi connectivity index (χ1) is 14.5. The molecule has 3 aromatic rings. The van der Waals surface area contributed by atoms with Crippen molar-refractivity contribution < 1.29 is 13.9 Å². The van der Waals surface area contributed by atoms with Gasteiger partial charge in [-0.3, -0.25) is 9.69 Å². The molecule has 2 aliphatic heterocycles. The number of aryl methyl sites for hydroxylation is 1. The standard InChI is InChI=1S/C24H26FN3O2/c1-27(9-3-4-15-12-26-22-7-5-16(25)10-19(15)22)17-11-20-21-13-28(2)24(29)18(21)6-8-23(20)30-14-17/h5-8,10,12,17,26H,3-4,9,11,13-14H2,1-2H3. The van der Waals surface area contributed by atoms with Gasteiger partial charge in [-0.15, -0.1) is 0 Å². The number of nitrogens with one attached hydrogen (secondary N) is 1. The maximum atomic E-state index is 13.6. The first kappa shape index (κ1) is 19.1. The van der Waals surface area contributed by atoms with Crippen molar-refractivity contribution in [3.05, 3.63) is 64.6 Å². The topological polar surface area (TPSA) is 48.6 Å². The van der Waals surface area contributed by atoms with Gasteiger partial charge in [-0.1, -0.05) is 0 Å². The zero-order chi connectivity index (χ0) is 20.8. The van der Waals surface area contributed by atoms with Gasteiger partial charge in [0, 0.05) is 47.9 Å². The van der Waals surface area contributed by atoms with Crippen molar-refractivity contribution in [2.45, 2.75) is 31.8 Å². The fourth-order valence-corrected chi connectivity index (χ4v) is 4.75. The third-order valence-electron chi connectivity index (χ3n) is 6.54. The molecule has 5 rings (SSSR count). The Balaban J connectivity index is 1.24. The first-order valence-electron chi connectivity index (χ1n) is 10.5. The fraction of sp³-hybridized carbons (Fsp3) is 0.375. The van der Waals surface area contributed by atoms with Crippen molar-refractivity contribution in [3.8, 4) is 5.75 Å². The van der Waals surface area contributed by atoms with Gasteiger partial charge in [-0.25, -0.2) is 4.39 Å². The number of carbonyl (C=O) groups is 1. The highest BCUT2D eigenvalue weighted by Crippen LogP contribution is 2.35. The predicted molar refractivity (Wildman–Crippen MR) is 114 cm³/mol. The number of carbonyl (C=O) groups excluding carboxylic acids is 1. The third-order valence-corrected chi connectivity index (χ3v) is 6.54. The van der Waals surface area contributed by atoms with Crippen LogP contribution >= 0.6 is 0 Å². The van der Waals surface area contributed by atoms with Crippen molar-refractivity contribution in [1.29, 1.82) is 0 Å². The van der Waals surface area contributed by atoms with Crippen molar-refractivity contribution in [2.24, 2.45) is 0 Å². The molecule has 1 N–H and O–H groups in total. The number of rotatable bonds is 5. The molecular weight excluding hydrogens is 381 g/mol. The molecule has 6 heteroatoms. The Labute approximate surface area is 175 Å². The van der Waals surface area contributed by atoms with Gasteiger partial charge in [0.25, 0.3) is 5.91 Å². The van der Waals surface area contributed by atoms with E-state index in [2.05, 4.69) is 16.9 Å². The lowest BCUT2D eigenvalue weighted by molar-refractivity contribution is 0.0816. The zero-order valence-corrected chi connectivity index (χ0v) is 17.4. The van der Waals surface area contributed by atoms with E-state index >= 15 is 0 Å². The molecule has 1 amide bonds.